The zero-order valence-electron chi connectivity index (χ0n) is 15.5. The van der Waals surface area contributed by atoms with Gasteiger partial charge in [0, 0.05) is 44.8 Å². The van der Waals surface area contributed by atoms with E-state index < -0.39 is 11.6 Å². The fourth-order valence-corrected chi connectivity index (χ4v) is 3.15. The van der Waals surface area contributed by atoms with Crippen LogP contribution in [0.5, 0.6) is 0 Å². The van der Waals surface area contributed by atoms with Crippen LogP contribution in [0.15, 0.2) is 30.3 Å². The van der Waals surface area contributed by atoms with Gasteiger partial charge in [-0.2, -0.15) is 0 Å². The van der Waals surface area contributed by atoms with Gasteiger partial charge in [-0.25, -0.2) is 8.78 Å². The largest absolute Gasteiger partial charge is 0.356 e. The van der Waals surface area contributed by atoms with Crippen LogP contribution in [0.4, 0.5) is 20.4 Å². The normalized spacial score (nSPS) is 14.4. The lowest BCUT2D eigenvalue weighted by Gasteiger charge is -2.35. The number of aromatic nitrogens is 2. The third-order valence-electron chi connectivity index (χ3n) is 4.78. The molecule has 1 saturated heterocycles. The molecule has 1 aromatic carbocycles. The van der Waals surface area contributed by atoms with Crippen LogP contribution in [0.3, 0.4) is 0 Å². The van der Waals surface area contributed by atoms with Crippen molar-refractivity contribution in [1.82, 2.24) is 15.1 Å². The van der Waals surface area contributed by atoms with Gasteiger partial charge in [0.2, 0.25) is 0 Å². The van der Waals surface area contributed by atoms with Crippen molar-refractivity contribution in [2.75, 3.05) is 49.1 Å². The lowest BCUT2D eigenvalue weighted by Crippen LogP contribution is -2.49. The molecule has 3 rings (SSSR count). The second-order valence-electron chi connectivity index (χ2n) is 6.33. The number of anilines is 2. The van der Waals surface area contributed by atoms with Crippen molar-refractivity contribution in [2.45, 2.75) is 13.8 Å². The first-order valence-corrected chi connectivity index (χ1v) is 9.11. The molecule has 0 radical (unpaired) electrons. The quantitative estimate of drug-likeness (QED) is 0.804. The zero-order valence-corrected chi connectivity index (χ0v) is 15.5. The summed E-state index contributed by atoms with van der Waals surface area (Å²) in [7, 11) is 0. The summed E-state index contributed by atoms with van der Waals surface area (Å²) in [6, 6.07) is 7.12. The van der Waals surface area contributed by atoms with Crippen LogP contribution in [0.25, 0.3) is 0 Å². The van der Waals surface area contributed by atoms with Crippen LogP contribution in [0.1, 0.15) is 24.2 Å². The van der Waals surface area contributed by atoms with Crippen LogP contribution in [-0.2, 0) is 0 Å². The average Bonchev–Trinajstić information content (AvgIpc) is 2.71. The molecule has 1 fully saturated rings. The Labute approximate surface area is 157 Å². The number of amides is 1. The summed E-state index contributed by atoms with van der Waals surface area (Å²) >= 11 is 0. The SMILES string of the molecule is CCN(CC)c1ccc(N2CCN(C(=O)c3ccc(F)c(F)c3)CC2)nn1. The highest BCUT2D eigenvalue weighted by molar-refractivity contribution is 5.94. The molecule has 0 N–H and O–H groups in total. The molecule has 0 saturated carbocycles. The van der Waals surface area contributed by atoms with Gasteiger partial charge in [-0.15, -0.1) is 10.2 Å². The number of hydrogen-bond donors (Lipinski definition) is 0. The van der Waals surface area contributed by atoms with Crippen LogP contribution in [0.2, 0.25) is 0 Å². The van der Waals surface area contributed by atoms with E-state index in [1.54, 1.807) is 4.90 Å². The summed E-state index contributed by atoms with van der Waals surface area (Å²) < 4.78 is 26.4. The number of nitrogens with zero attached hydrogens (tertiary/aromatic N) is 5. The number of halogens is 2. The highest BCUT2D eigenvalue weighted by Gasteiger charge is 2.24. The first-order chi connectivity index (χ1) is 13.0. The molecule has 1 amide bonds. The molecule has 1 aliphatic heterocycles. The van der Waals surface area contributed by atoms with E-state index in [9.17, 15) is 13.6 Å². The Morgan fingerprint density at radius 1 is 1.00 bits per heavy atom. The van der Waals surface area contributed by atoms with Crippen LogP contribution < -0.4 is 9.80 Å². The summed E-state index contributed by atoms with van der Waals surface area (Å²) in [5.41, 5.74) is 0.158. The summed E-state index contributed by atoms with van der Waals surface area (Å²) in [4.78, 5) is 18.3. The number of carbonyl (C=O) groups is 1. The monoisotopic (exact) mass is 375 g/mol. The van der Waals surface area contributed by atoms with Crippen molar-refractivity contribution in [3.05, 3.63) is 47.5 Å². The van der Waals surface area contributed by atoms with E-state index >= 15 is 0 Å². The maximum absolute atomic E-state index is 13.4. The first-order valence-electron chi connectivity index (χ1n) is 9.11. The minimum absolute atomic E-state index is 0.158. The average molecular weight is 375 g/mol. The van der Waals surface area contributed by atoms with Crippen molar-refractivity contribution in [1.29, 1.82) is 0 Å². The number of carbonyl (C=O) groups excluding carboxylic acids is 1. The fraction of sp³-hybridized carbons (Fsp3) is 0.421. The topological polar surface area (TPSA) is 52.6 Å². The summed E-state index contributed by atoms with van der Waals surface area (Å²) in [5, 5.41) is 8.60. The molecule has 2 aromatic rings. The minimum Gasteiger partial charge on any atom is -0.356 e. The summed E-state index contributed by atoms with van der Waals surface area (Å²) in [6.45, 7) is 8.06. The molecular formula is C19H23F2N5O. The van der Waals surface area contributed by atoms with Crippen molar-refractivity contribution in [2.24, 2.45) is 0 Å². The van der Waals surface area contributed by atoms with Gasteiger partial charge in [-0.3, -0.25) is 4.79 Å². The molecule has 0 unspecified atom stereocenters. The molecule has 0 bridgehead atoms. The van der Waals surface area contributed by atoms with E-state index in [0.717, 1.165) is 36.9 Å². The maximum atomic E-state index is 13.4. The lowest BCUT2D eigenvalue weighted by molar-refractivity contribution is 0.0746. The Balaban J connectivity index is 1.61. The molecule has 0 spiro atoms. The van der Waals surface area contributed by atoms with Crippen molar-refractivity contribution in [3.63, 3.8) is 0 Å². The summed E-state index contributed by atoms with van der Waals surface area (Å²) in [5.74, 6) is -0.649. The predicted octanol–water partition coefficient (Wildman–Crippen LogP) is 2.56. The second kappa shape index (κ2) is 8.28. The third kappa shape index (κ3) is 4.15. The molecular weight excluding hydrogens is 352 g/mol. The highest BCUT2D eigenvalue weighted by Crippen LogP contribution is 2.18. The van der Waals surface area contributed by atoms with Gasteiger partial charge in [-0.1, -0.05) is 0 Å². The Morgan fingerprint density at radius 2 is 1.70 bits per heavy atom. The molecule has 0 atom stereocenters. The molecule has 8 heteroatoms. The van der Waals surface area contributed by atoms with Gasteiger partial charge in [0.1, 0.15) is 0 Å². The van der Waals surface area contributed by atoms with Crippen LogP contribution >= 0.6 is 0 Å². The van der Waals surface area contributed by atoms with Crippen LogP contribution in [0, 0.1) is 11.6 Å². The van der Waals surface area contributed by atoms with Gasteiger partial charge < -0.3 is 14.7 Å². The smallest absolute Gasteiger partial charge is 0.254 e. The van der Waals surface area contributed by atoms with E-state index in [4.69, 9.17) is 0 Å². The Morgan fingerprint density at radius 3 is 2.26 bits per heavy atom. The van der Waals surface area contributed by atoms with Gasteiger partial charge in [-0.05, 0) is 44.2 Å². The fourth-order valence-electron chi connectivity index (χ4n) is 3.15. The molecule has 27 heavy (non-hydrogen) atoms. The van der Waals surface area contributed by atoms with E-state index in [1.807, 2.05) is 12.1 Å². The molecule has 1 aliphatic rings. The Kier molecular flexibility index (Phi) is 5.83. The van der Waals surface area contributed by atoms with Gasteiger partial charge in [0.05, 0.1) is 0 Å². The molecule has 1 aromatic heterocycles. The minimum atomic E-state index is -1.01. The molecule has 0 aliphatic carbocycles. The lowest BCUT2D eigenvalue weighted by atomic mass is 10.1. The van der Waals surface area contributed by atoms with E-state index in [0.29, 0.717) is 26.2 Å². The molecule has 6 nitrogen and oxygen atoms in total. The van der Waals surface area contributed by atoms with Crippen molar-refractivity contribution < 1.29 is 13.6 Å². The maximum Gasteiger partial charge on any atom is 0.254 e. The van der Waals surface area contributed by atoms with Gasteiger partial charge in [0.25, 0.3) is 5.91 Å². The Bertz CT molecular complexity index is 787. The predicted molar refractivity (Wildman–Crippen MR) is 100 cm³/mol. The number of rotatable bonds is 5. The zero-order chi connectivity index (χ0) is 19.4. The Hall–Kier alpha value is -2.77. The van der Waals surface area contributed by atoms with Crippen molar-refractivity contribution in [3.8, 4) is 0 Å². The molecule has 2 heterocycles. The number of piperazine rings is 1. The van der Waals surface area contributed by atoms with E-state index in [-0.39, 0.29) is 11.5 Å². The number of hydrogen-bond acceptors (Lipinski definition) is 5. The van der Waals surface area contributed by atoms with E-state index in [2.05, 4.69) is 33.8 Å². The summed E-state index contributed by atoms with van der Waals surface area (Å²) in [6.07, 6.45) is 0. The standard InChI is InChI=1S/C19H23F2N5O/c1-3-24(4-2)17-7-8-18(23-22-17)25-9-11-26(12-10-25)19(27)14-5-6-15(20)16(21)13-14/h5-8,13H,3-4,9-12H2,1-2H3. The number of benzene rings is 1. The van der Waals surface area contributed by atoms with Gasteiger partial charge in [0.15, 0.2) is 23.3 Å². The van der Waals surface area contributed by atoms with Gasteiger partial charge >= 0.3 is 0 Å². The van der Waals surface area contributed by atoms with Crippen molar-refractivity contribution >= 4 is 17.5 Å². The van der Waals surface area contributed by atoms with E-state index in [1.165, 1.54) is 6.07 Å². The third-order valence-corrected chi connectivity index (χ3v) is 4.78. The first kappa shape index (κ1) is 19.0. The second-order valence-corrected chi connectivity index (χ2v) is 6.33. The molecule has 144 valence electrons. The van der Waals surface area contributed by atoms with Crippen LogP contribution in [-0.4, -0.2) is 60.3 Å². The highest BCUT2D eigenvalue weighted by atomic mass is 19.2.